The molecule has 0 radical (unpaired) electrons. The van der Waals surface area contributed by atoms with E-state index in [0.717, 1.165) is 42.9 Å². The van der Waals surface area contributed by atoms with Gasteiger partial charge in [-0.25, -0.2) is 0 Å². The van der Waals surface area contributed by atoms with Crippen LogP contribution in [0.15, 0.2) is 78.9 Å². The van der Waals surface area contributed by atoms with Crippen LogP contribution in [0, 0.1) is 5.92 Å². The Morgan fingerprint density at radius 1 is 0.938 bits per heavy atom. The van der Waals surface area contributed by atoms with Gasteiger partial charge in [0.25, 0.3) is 0 Å². The lowest BCUT2D eigenvalue weighted by Crippen LogP contribution is -2.44. The largest absolute Gasteiger partial charge is 0.325 e. The second kappa shape index (κ2) is 7.90. The molecule has 2 heterocycles. The summed E-state index contributed by atoms with van der Waals surface area (Å²) in [5.74, 6) is 0.355. The number of likely N-dealkylation sites (tertiary alicyclic amines) is 1. The standard InChI is InChI=1S/C29H32N2O/c1-28(2,3)22-15-13-21(14-16-22)19-31-18-17-24(20-31)29(23-9-5-4-6-10-23)25-11-7-8-12-26(25)30-27(29)32/h4-16,24H,17-20H2,1-3H3,(H,30,32)/t24-,29?/m1/s1. The quantitative estimate of drug-likeness (QED) is 0.579. The average molecular weight is 425 g/mol. The van der Waals surface area contributed by atoms with E-state index in [1.807, 2.05) is 18.2 Å². The van der Waals surface area contributed by atoms with Gasteiger partial charge < -0.3 is 5.32 Å². The first-order valence-electron chi connectivity index (χ1n) is 11.7. The summed E-state index contributed by atoms with van der Waals surface area (Å²) in [4.78, 5) is 16.1. The van der Waals surface area contributed by atoms with Crippen molar-refractivity contribution in [3.8, 4) is 0 Å². The van der Waals surface area contributed by atoms with E-state index in [2.05, 4.69) is 91.7 Å². The summed E-state index contributed by atoms with van der Waals surface area (Å²) in [5, 5.41) is 3.19. The monoisotopic (exact) mass is 424 g/mol. The molecule has 3 heteroatoms. The molecule has 5 rings (SSSR count). The number of nitrogens with zero attached hydrogens (tertiary/aromatic N) is 1. The van der Waals surface area contributed by atoms with Gasteiger partial charge in [0.2, 0.25) is 5.91 Å². The molecule has 1 fully saturated rings. The molecular weight excluding hydrogens is 392 g/mol. The van der Waals surface area contributed by atoms with Crippen LogP contribution >= 0.6 is 0 Å². The molecule has 2 aliphatic rings. The van der Waals surface area contributed by atoms with Crippen LogP contribution in [0.5, 0.6) is 0 Å². The van der Waals surface area contributed by atoms with Gasteiger partial charge in [-0.05, 0) is 52.6 Å². The minimum absolute atomic E-state index is 0.117. The first kappa shape index (κ1) is 21.0. The highest BCUT2D eigenvalue weighted by Gasteiger charge is 2.54. The zero-order valence-corrected chi connectivity index (χ0v) is 19.3. The average Bonchev–Trinajstić information content (AvgIpc) is 3.36. The molecule has 0 saturated carbocycles. The Hall–Kier alpha value is -2.91. The summed E-state index contributed by atoms with van der Waals surface area (Å²) in [6.45, 7) is 9.60. The van der Waals surface area contributed by atoms with Gasteiger partial charge in [-0.2, -0.15) is 0 Å². The number of nitrogens with one attached hydrogen (secondary N) is 1. The number of carbonyl (C=O) groups is 1. The predicted molar refractivity (Wildman–Crippen MR) is 131 cm³/mol. The predicted octanol–water partition coefficient (Wildman–Crippen LogP) is 5.74. The lowest BCUT2D eigenvalue weighted by atomic mass is 9.66. The van der Waals surface area contributed by atoms with Crippen LogP contribution in [0.3, 0.4) is 0 Å². The van der Waals surface area contributed by atoms with Crippen molar-refractivity contribution in [1.82, 2.24) is 4.90 Å². The maximum absolute atomic E-state index is 13.6. The molecule has 164 valence electrons. The minimum Gasteiger partial charge on any atom is -0.325 e. The summed E-state index contributed by atoms with van der Waals surface area (Å²) < 4.78 is 0. The van der Waals surface area contributed by atoms with Crippen LogP contribution in [0.2, 0.25) is 0 Å². The highest BCUT2D eigenvalue weighted by Crippen LogP contribution is 2.50. The van der Waals surface area contributed by atoms with E-state index >= 15 is 0 Å². The molecule has 0 bridgehead atoms. The van der Waals surface area contributed by atoms with Crippen molar-refractivity contribution in [1.29, 1.82) is 0 Å². The van der Waals surface area contributed by atoms with Crippen molar-refractivity contribution >= 4 is 11.6 Å². The SMILES string of the molecule is CC(C)(C)c1ccc(CN2CC[C@@H](C3(c4ccccc4)C(=O)Nc4ccccc43)C2)cc1. The second-order valence-corrected chi connectivity index (χ2v) is 10.3. The van der Waals surface area contributed by atoms with Gasteiger partial charge in [-0.15, -0.1) is 0 Å². The van der Waals surface area contributed by atoms with Crippen molar-refractivity contribution in [2.75, 3.05) is 18.4 Å². The van der Waals surface area contributed by atoms with E-state index in [9.17, 15) is 4.79 Å². The van der Waals surface area contributed by atoms with Crippen molar-refractivity contribution in [2.45, 2.75) is 44.6 Å². The first-order valence-corrected chi connectivity index (χ1v) is 11.7. The third kappa shape index (κ3) is 3.45. The molecule has 3 nitrogen and oxygen atoms in total. The van der Waals surface area contributed by atoms with Crippen molar-refractivity contribution in [3.63, 3.8) is 0 Å². The van der Waals surface area contributed by atoms with E-state index in [1.165, 1.54) is 11.1 Å². The fourth-order valence-electron chi connectivity index (χ4n) is 5.61. The summed E-state index contributed by atoms with van der Waals surface area (Å²) in [6, 6.07) is 27.6. The minimum atomic E-state index is -0.622. The molecular formula is C29H32N2O. The van der Waals surface area contributed by atoms with Gasteiger partial charge in [0.1, 0.15) is 5.41 Å². The van der Waals surface area contributed by atoms with E-state index in [-0.39, 0.29) is 17.2 Å². The van der Waals surface area contributed by atoms with Crippen molar-refractivity contribution < 1.29 is 4.79 Å². The smallest absolute Gasteiger partial charge is 0.239 e. The molecule has 0 aromatic heterocycles. The Bertz CT molecular complexity index is 1110. The van der Waals surface area contributed by atoms with E-state index < -0.39 is 5.41 Å². The van der Waals surface area contributed by atoms with E-state index in [0.29, 0.717) is 0 Å². The Morgan fingerprint density at radius 2 is 1.62 bits per heavy atom. The summed E-state index contributed by atoms with van der Waals surface area (Å²) in [5.41, 5.74) is 5.43. The summed E-state index contributed by atoms with van der Waals surface area (Å²) in [6.07, 6.45) is 1.01. The summed E-state index contributed by atoms with van der Waals surface area (Å²) in [7, 11) is 0. The van der Waals surface area contributed by atoms with Gasteiger partial charge in [-0.3, -0.25) is 9.69 Å². The molecule has 3 aromatic carbocycles. The van der Waals surface area contributed by atoms with Gasteiger partial charge in [-0.1, -0.05) is 93.6 Å². The fourth-order valence-corrected chi connectivity index (χ4v) is 5.61. The van der Waals surface area contributed by atoms with Crippen LogP contribution in [0.1, 0.15) is 49.4 Å². The Kier molecular flexibility index (Phi) is 5.17. The lowest BCUT2D eigenvalue weighted by molar-refractivity contribution is -0.121. The Balaban J connectivity index is 1.44. The van der Waals surface area contributed by atoms with E-state index in [4.69, 9.17) is 0 Å². The normalized spacial score (nSPS) is 23.2. The Labute approximate surface area is 191 Å². The molecule has 1 saturated heterocycles. The van der Waals surface area contributed by atoms with Crippen LogP contribution in [-0.2, 0) is 22.2 Å². The third-order valence-electron chi connectivity index (χ3n) is 7.30. The topological polar surface area (TPSA) is 32.3 Å². The number of anilines is 1. The molecule has 2 atom stereocenters. The van der Waals surface area contributed by atoms with Gasteiger partial charge in [0, 0.05) is 18.8 Å². The van der Waals surface area contributed by atoms with Crippen LogP contribution in [-0.4, -0.2) is 23.9 Å². The number of para-hydroxylation sites is 1. The molecule has 1 N–H and O–H groups in total. The van der Waals surface area contributed by atoms with Crippen LogP contribution < -0.4 is 5.32 Å². The molecule has 1 amide bonds. The molecule has 3 aromatic rings. The Morgan fingerprint density at radius 3 is 2.34 bits per heavy atom. The van der Waals surface area contributed by atoms with Crippen LogP contribution in [0.4, 0.5) is 5.69 Å². The van der Waals surface area contributed by atoms with Crippen molar-refractivity contribution in [3.05, 3.63) is 101 Å². The highest BCUT2D eigenvalue weighted by atomic mass is 16.2. The first-order chi connectivity index (χ1) is 15.4. The van der Waals surface area contributed by atoms with Gasteiger partial charge >= 0.3 is 0 Å². The zero-order valence-electron chi connectivity index (χ0n) is 19.3. The maximum atomic E-state index is 13.6. The van der Waals surface area contributed by atoms with Crippen LogP contribution in [0.25, 0.3) is 0 Å². The fraction of sp³-hybridized carbons (Fsp3) is 0.345. The molecule has 2 aliphatic heterocycles. The van der Waals surface area contributed by atoms with Gasteiger partial charge in [0.05, 0.1) is 0 Å². The third-order valence-corrected chi connectivity index (χ3v) is 7.30. The number of amides is 1. The number of benzene rings is 3. The summed E-state index contributed by atoms with van der Waals surface area (Å²) >= 11 is 0. The number of carbonyl (C=O) groups excluding carboxylic acids is 1. The maximum Gasteiger partial charge on any atom is 0.239 e. The number of hydrogen-bond donors (Lipinski definition) is 1. The number of hydrogen-bond acceptors (Lipinski definition) is 2. The lowest BCUT2D eigenvalue weighted by Gasteiger charge is -2.34. The van der Waals surface area contributed by atoms with Gasteiger partial charge in [0.15, 0.2) is 0 Å². The van der Waals surface area contributed by atoms with E-state index in [1.54, 1.807) is 0 Å². The molecule has 0 spiro atoms. The number of rotatable bonds is 4. The molecule has 1 unspecified atom stereocenters. The molecule has 32 heavy (non-hydrogen) atoms. The highest BCUT2D eigenvalue weighted by molar-refractivity contribution is 6.09. The zero-order chi connectivity index (χ0) is 22.3. The molecule has 0 aliphatic carbocycles. The number of fused-ring (bicyclic) bond motifs is 1. The van der Waals surface area contributed by atoms with Crippen molar-refractivity contribution in [2.24, 2.45) is 5.92 Å². The second-order valence-electron chi connectivity index (χ2n) is 10.3.